The van der Waals surface area contributed by atoms with Crippen LogP contribution in [0.2, 0.25) is 0 Å². The Kier molecular flexibility index (Phi) is 15.3. The van der Waals surface area contributed by atoms with E-state index in [0.29, 0.717) is 0 Å². The van der Waals surface area contributed by atoms with Crippen molar-refractivity contribution in [3.8, 4) is 0 Å². The molecule has 1 atom stereocenters. The number of hydrogen-bond donors (Lipinski definition) is 2. The highest BCUT2D eigenvalue weighted by Gasteiger charge is 2.30. The Morgan fingerprint density at radius 1 is 0.867 bits per heavy atom. The molecule has 0 fully saturated rings. The normalized spacial score (nSPS) is 17.3. The molecule has 0 aromatic carbocycles. The van der Waals surface area contributed by atoms with Crippen molar-refractivity contribution < 1.29 is 19.8 Å². The van der Waals surface area contributed by atoms with E-state index in [1.165, 1.54) is 77.0 Å². The van der Waals surface area contributed by atoms with Gasteiger partial charge in [0, 0.05) is 12.8 Å². The highest BCUT2D eigenvalue weighted by molar-refractivity contribution is 6.21. The Hall–Kier alpha value is -1.42. The van der Waals surface area contributed by atoms with Crippen molar-refractivity contribution in [3.05, 3.63) is 23.5 Å². The zero-order valence-corrected chi connectivity index (χ0v) is 19.2. The van der Waals surface area contributed by atoms with Gasteiger partial charge in [0.2, 0.25) is 0 Å². The molecule has 0 aromatic heterocycles. The van der Waals surface area contributed by atoms with Crippen LogP contribution in [-0.4, -0.2) is 27.9 Å². The highest BCUT2D eigenvalue weighted by Crippen LogP contribution is 2.23. The number of aliphatic hydroxyl groups is 2. The minimum Gasteiger partial charge on any atom is -0.509 e. The standard InChI is InChI=1S/C26H44O4/c1-2-3-4-5-6-7-8-9-10-11-12-13-14-15-16-17-18-19-22(27)25-23(28)20-21-24(29)26(25)30/h6-7,24,29-30H,2-5,8-21H2,1H3/b7-6-. The van der Waals surface area contributed by atoms with Crippen LogP contribution in [0.15, 0.2) is 23.5 Å². The average molecular weight is 421 g/mol. The van der Waals surface area contributed by atoms with Crippen molar-refractivity contribution in [1.29, 1.82) is 0 Å². The van der Waals surface area contributed by atoms with Crippen molar-refractivity contribution in [2.75, 3.05) is 0 Å². The lowest BCUT2D eigenvalue weighted by molar-refractivity contribution is -0.123. The topological polar surface area (TPSA) is 74.6 Å². The first kappa shape index (κ1) is 26.6. The van der Waals surface area contributed by atoms with E-state index in [9.17, 15) is 19.8 Å². The zero-order chi connectivity index (χ0) is 22.0. The Labute approximate surface area is 183 Å². The fraction of sp³-hybridized carbons (Fsp3) is 0.769. The lowest BCUT2D eigenvalue weighted by Gasteiger charge is -2.18. The molecule has 0 heterocycles. The molecule has 4 heteroatoms. The van der Waals surface area contributed by atoms with Gasteiger partial charge in [-0.25, -0.2) is 0 Å². The van der Waals surface area contributed by atoms with Crippen molar-refractivity contribution >= 4 is 11.6 Å². The molecular weight excluding hydrogens is 376 g/mol. The van der Waals surface area contributed by atoms with Gasteiger partial charge in [0.05, 0.1) is 0 Å². The van der Waals surface area contributed by atoms with Crippen LogP contribution >= 0.6 is 0 Å². The number of hydrogen-bond acceptors (Lipinski definition) is 4. The summed E-state index contributed by atoms with van der Waals surface area (Å²) in [6.45, 7) is 2.24. The minimum atomic E-state index is -1.06. The average Bonchev–Trinajstić information content (AvgIpc) is 2.73. The molecule has 0 spiro atoms. The molecule has 4 nitrogen and oxygen atoms in total. The van der Waals surface area contributed by atoms with Crippen LogP contribution in [0.5, 0.6) is 0 Å². The van der Waals surface area contributed by atoms with E-state index in [4.69, 9.17) is 0 Å². The largest absolute Gasteiger partial charge is 0.509 e. The van der Waals surface area contributed by atoms with Gasteiger partial charge in [-0.3, -0.25) is 9.59 Å². The van der Waals surface area contributed by atoms with Crippen molar-refractivity contribution in [2.24, 2.45) is 0 Å². The summed E-state index contributed by atoms with van der Waals surface area (Å²) in [5.74, 6) is -1.06. The maximum absolute atomic E-state index is 12.2. The molecule has 1 unspecified atom stereocenters. The van der Waals surface area contributed by atoms with Crippen LogP contribution in [-0.2, 0) is 9.59 Å². The van der Waals surface area contributed by atoms with Crippen LogP contribution in [0.25, 0.3) is 0 Å². The minimum absolute atomic E-state index is 0.141. The summed E-state index contributed by atoms with van der Waals surface area (Å²) in [7, 11) is 0. The van der Waals surface area contributed by atoms with Gasteiger partial charge in [-0.2, -0.15) is 0 Å². The third-order valence-corrected chi connectivity index (χ3v) is 5.94. The van der Waals surface area contributed by atoms with Gasteiger partial charge in [-0.1, -0.05) is 83.3 Å². The molecule has 30 heavy (non-hydrogen) atoms. The molecule has 2 N–H and O–H groups in total. The lowest BCUT2D eigenvalue weighted by atomic mass is 9.89. The first-order valence-electron chi connectivity index (χ1n) is 12.4. The Balaban J connectivity index is 1.92. The number of carbonyl (C=O) groups excluding carboxylic acids is 2. The smallest absolute Gasteiger partial charge is 0.170 e. The molecule has 1 rings (SSSR count). The Morgan fingerprint density at radius 2 is 1.37 bits per heavy atom. The number of ketones is 2. The van der Waals surface area contributed by atoms with E-state index in [1.54, 1.807) is 0 Å². The van der Waals surface area contributed by atoms with E-state index in [0.717, 1.165) is 19.3 Å². The van der Waals surface area contributed by atoms with Crippen LogP contribution in [0.1, 0.15) is 122 Å². The maximum atomic E-state index is 12.2. The molecule has 0 aliphatic heterocycles. The number of carbonyl (C=O) groups is 2. The number of allylic oxidation sites excluding steroid dienone is 3. The summed E-state index contributed by atoms with van der Waals surface area (Å²) >= 11 is 0. The fourth-order valence-electron chi connectivity index (χ4n) is 3.97. The quantitative estimate of drug-likeness (QED) is 0.143. The molecule has 0 saturated heterocycles. The van der Waals surface area contributed by atoms with Gasteiger partial charge in [-0.15, -0.1) is 0 Å². The van der Waals surface area contributed by atoms with E-state index in [2.05, 4.69) is 19.1 Å². The van der Waals surface area contributed by atoms with Crippen LogP contribution in [0.3, 0.4) is 0 Å². The predicted molar refractivity (Wildman–Crippen MR) is 124 cm³/mol. The first-order valence-corrected chi connectivity index (χ1v) is 12.4. The second-order valence-corrected chi connectivity index (χ2v) is 8.70. The summed E-state index contributed by atoms with van der Waals surface area (Å²) in [6, 6.07) is 0. The van der Waals surface area contributed by atoms with Gasteiger partial charge < -0.3 is 10.2 Å². The molecule has 0 aromatic rings. The molecule has 172 valence electrons. The van der Waals surface area contributed by atoms with E-state index in [1.807, 2.05) is 0 Å². The number of aliphatic hydroxyl groups excluding tert-OH is 2. The molecule has 0 amide bonds. The van der Waals surface area contributed by atoms with Gasteiger partial charge >= 0.3 is 0 Å². The third kappa shape index (κ3) is 11.7. The van der Waals surface area contributed by atoms with Crippen molar-refractivity contribution in [1.82, 2.24) is 0 Å². The molecule has 0 saturated carbocycles. The first-order chi connectivity index (χ1) is 14.6. The molecule has 1 aliphatic rings. The predicted octanol–water partition coefficient (Wildman–Crippen LogP) is 6.91. The molecule has 0 radical (unpaired) electrons. The number of Topliss-reactive ketones (excluding diaryl/α,β-unsaturated/α-hetero) is 2. The summed E-state index contributed by atoms with van der Waals surface area (Å²) in [6.07, 6.45) is 22.5. The third-order valence-electron chi connectivity index (χ3n) is 5.94. The van der Waals surface area contributed by atoms with Gasteiger partial charge in [-0.05, 0) is 38.5 Å². The van der Waals surface area contributed by atoms with Crippen LogP contribution in [0, 0.1) is 0 Å². The van der Waals surface area contributed by atoms with E-state index >= 15 is 0 Å². The Morgan fingerprint density at radius 3 is 1.93 bits per heavy atom. The lowest BCUT2D eigenvalue weighted by Crippen LogP contribution is -2.27. The van der Waals surface area contributed by atoms with Gasteiger partial charge in [0.25, 0.3) is 0 Å². The number of unbranched alkanes of at least 4 members (excludes halogenated alkanes) is 13. The van der Waals surface area contributed by atoms with E-state index < -0.39 is 11.9 Å². The highest BCUT2D eigenvalue weighted by atomic mass is 16.3. The van der Waals surface area contributed by atoms with E-state index in [-0.39, 0.29) is 36.4 Å². The molecule has 1 aliphatic carbocycles. The second-order valence-electron chi connectivity index (χ2n) is 8.70. The molecule has 0 bridgehead atoms. The second kappa shape index (κ2) is 17.3. The van der Waals surface area contributed by atoms with Crippen LogP contribution in [0.4, 0.5) is 0 Å². The van der Waals surface area contributed by atoms with Gasteiger partial charge in [0.15, 0.2) is 11.6 Å². The SMILES string of the molecule is CCCCC/C=C\CCCCCCCCCCCCC(=O)C1=C(O)C(O)CCC1=O. The number of rotatable bonds is 18. The zero-order valence-electron chi connectivity index (χ0n) is 19.2. The van der Waals surface area contributed by atoms with Crippen molar-refractivity contribution in [3.63, 3.8) is 0 Å². The van der Waals surface area contributed by atoms with Gasteiger partial charge in [0.1, 0.15) is 17.4 Å². The fourth-order valence-corrected chi connectivity index (χ4v) is 3.97. The van der Waals surface area contributed by atoms with Crippen molar-refractivity contribution in [2.45, 2.75) is 129 Å². The summed E-state index contributed by atoms with van der Waals surface area (Å²) < 4.78 is 0. The summed E-state index contributed by atoms with van der Waals surface area (Å²) in [5.41, 5.74) is -0.152. The maximum Gasteiger partial charge on any atom is 0.170 e. The Bertz CT molecular complexity index is 547. The molecular formula is C26H44O4. The summed E-state index contributed by atoms with van der Waals surface area (Å²) in [5, 5.41) is 19.4. The monoisotopic (exact) mass is 420 g/mol. The van der Waals surface area contributed by atoms with Crippen LogP contribution < -0.4 is 0 Å². The summed E-state index contributed by atoms with van der Waals surface area (Å²) in [4.78, 5) is 24.0.